The van der Waals surface area contributed by atoms with E-state index in [1.165, 1.54) is 25.7 Å². The molecule has 0 aliphatic heterocycles. The molecule has 2 fully saturated rings. The van der Waals surface area contributed by atoms with Crippen LogP contribution in [0.4, 0.5) is 0 Å². The van der Waals surface area contributed by atoms with Gasteiger partial charge in [0.05, 0.1) is 6.61 Å². The van der Waals surface area contributed by atoms with Crippen LogP contribution in [0.5, 0.6) is 0 Å². The first-order valence-corrected chi connectivity index (χ1v) is 10.3. The maximum atomic E-state index is 12.0. The van der Waals surface area contributed by atoms with Gasteiger partial charge in [0.15, 0.2) is 0 Å². The zero-order valence-corrected chi connectivity index (χ0v) is 15.5. The zero-order valence-electron chi connectivity index (χ0n) is 14.7. The van der Waals surface area contributed by atoms with Gasteiger partial charge in [-0.2, -0.15) is 0 Å². The number of fused-ring (bicyclic) bond motifs is 2. The second-order valence-electron chi connectivity index (χ2n) is 6.89. The van der Waals surface area contributed by atoms with Gasteiger partial charge in [0.2, 0.25) is 11.3 Å². The molecule has 0 heterocycles. The molecule has 0 aromatic carbocycles. The number of rotatable bonds is 12. The Morgan fingerprint density at radius 1 is 1.17 bits per heavy atom. The summed E-state index contributed by atoms with van der Waals surface area (Å²) in [5.74, 6) is 2.12. The minimum Gasteiger partial charge on any atom is -0.385 e. The Hall–Kier alpha value is -0.230. The van der Waals surface area contributed by atoms with Crippen molar-refractivity contribution in [2.45, 2.75) is 64.3 Å². The Labute approximate surface area is 144 Å². The highest BCUT2D eigenvalue weighted by Crippen LogP contribution is 2.50. The van der Waals surface area contributed by atoms with Crippen molar-refractivity contribution in [1.29, 1.82) is 0 Å². The number of hydrogen-bond acceptors (Lipinski definition) is 3. The second-order valence-corrected chi connectivity index (χ2v) is 7.83. The molecule has 0 aromatic heterocycles. The lowest BCUT2D eigenvalue weighted by Gasteiger charge is -2.30. The van der Waals surface area contributed by atoms with E-state index < -0.39 is 11.3 Å². The summed E-state index contributed by atoms with van der Waals surface area (Å²) in [5, 5.41) is 0. The van der Waals surface area contributed by atoms with Crippen molar-refractivity contribution in [2.24, 2.45) is 17.8 Å². The summed E-state index contributed by atoms with van der Waals surface area (Å²) in [6, 6.07) is 0.365. The van der Waals surface area contributed by atoms with E-state index in [4.69, 9.17) is 8.92 Å². The molecule has 2 bridgehead atoms. The number of hydrogen-bond donors (Lipinski definition) is 1. The third-order valence-electron chi connectivity index (χ3n) is 5.26. The highest BCUT2D eigenvalue weighted by molar-refractivity contribution is 7.78. The van der Waals surface area contributed by atoms with E-state index >= 15 is 0 Å². The van der Waals surface area contributed by atoms with Crippen molar-refractivity contribution >= 4 is 11.3 Å². The third-order valence-corrected chi connectivity index (χ3v) is 6.10. The van der Waals surface area contributed by atoms with Gasteiger partial charge in [0.25, 0.3) is 0 Å². The molecule has 1 N–H and O–H groups in total. The summed E-state index contributed by atoms with van der Waals surface area (Å²) in [6.45, 7) is 3.46. The molecule has 23 heavy (non-hydrogen) atoms. The van der Waals surface area contributed by atoms with Gasteiger partial charge in [-0.3, -0.25) is 4.18 Å². The summed E-state index contributed by atoms with van der Waals surface area (Å²) in [5.41, 5.74) is 0. The van der Waals surface area contributed by atoms with Crippen LogP contribution in [-0.4, -0.2) is 30.6 Å². The van der Waals surface area contributed by atoms with Crippen LogP contribution in [0, 0.1) is 17.8 Å². The molecule has 2 saturated carbocycles. The predicted molar refractivity (Wildman–Crippen MR) is 95.1 cm³/mol. The largest absolute Gasteiger partial charge is 0.385 e. The van der Waals surface area contributed by atoms with Crippen LogP contribution in [0.2, 0.25) is 0 Å². The maximum absolute atomic E-state index is 12.0. The highest BCUT2D eigenvalue weighted by atomic mass is 32.2. The zero-order chi connectivity index (χ0) is 16.5. The number of nitrogens with one attached hydrogen (secondary N) is 1. The smallest absolute Gasteiger partial charge is 0.234 e. The van der Waals surface area contributed by atoms with Crippen LogP contribution in [-0.2, 0) is 20.2 Å². The van der Waals surface area contributed by atoms with Gasteiger partial charge in [-0.25, -0.2) is 8.93 Å². The summed E-state index contributed by atoms with van der Waals surface area (Å²) in [7, 11) is 1.76. The number of methoxy groups -OCH3 is 1. The van der Waals surface area contributed by atoms with Crippen molar-refractivity contribution in [3.8, 4) is 0 Å². The minimum absolute atomic E-state index is 0.365. The molecule has 134 valence electrons. The fraction of sp³-hybridized carbons (Fsp3) is 0.889. The molecule has 2 rings (SSSR count). The molecule has 2 aliphatic rings. The van der Waals surface area contributed by atoms with Gasteiger partial charge in [-0.1, -0.05) is 19.1 Å². The fourth-order valence-electron chi connectivity index (χ4n) is 4.12. The Balaban J connectivity index is 1.74. The monoisotopic (exact) mass is 343 g/mol. The average molecular weight is 344 g/mol. The summed E-state index contributed by atoms with van der Waals surface area (Å²) in [4.78, 5) is 0. The average Bonchev–Trinajstić information content (AvgIpc) is 3.14. The van der Waals surface area contributed by atoms with E-state index in [1.807, 2.05) is 6.92 Å². The Morgan fingerprint density at radius 2 is 2.00 bits per heavy atom. The predicted octanol–water partition coefficient (Wildman–Crippen LogP) is 3.76. The fourth-order valence-corrected chi connectivity index (χ4v) is 5.09. The molecular formula is C18H33NO3S. The molecule has 5 heteroatoms. The lowest BCUT2D eigenvalue weighted by atomic mass is 9.83. The topological polar surface area (TPSA) is 47.6 Å². The van der Waals surface area contributed by atoms with E-state index in [9.17, 15) is 4.21 Å². The first-order chi connectivity index (χ1) is 11.3. The molecule has 0 radical (unpaired) electrons. The van der Waals surface area contributed by atoms with Gasteiger partial charge in [-0.15, -0.1) is 0 Å². The summed E-state index contributed by atoms with van der Waals surface area (Å²) >= 11 is -1.33. The highest BCUT2D eigenvalue weighted by Gasteiger charge is 2.47. The van der Waals surface area contributed by atoms with Crippen LogP contribution < -0.4 is 4.72 Å². The summed E-state index contributed by atoms with van der Waals surface area (Å²) in [6.07, 6.45) is 14.0. The molecule has 4 nitrogen and oxygen atoms in total. The quantitative estimate of drug-likeness (QED) is 0.433. The molecule has 2 unspecified atom stereocenters. The normalized spacial score (nSPS) is 31.2. The minimum atomic E-state index is -1.33. The standard InChI is InChI=1S/C18H33NO3S/c1-3-12-22-23(20)19-18-16-11-10-15(14-16)17(18)9-7-5-4-6-8-13-21-2/h5,7,15-19H,3-4,6,8-14H2,1-2H3/b7-5-/t15-,16+,17+,18?,23?/m0/s1. The molecule has 0 aromatic rings. The van der Waals surface area contributed by atoms with E-state index in [2.05, 4.69) is 16.9 Å². The van der Waals surface area contributed by atoms with E-state index in [0.717, 1.165) is 38.2 Å². The van der Waals surface area contributed by atoms with Gasteiger partial charge in [0, 0.05) is 19.8 Å². The van der Waals surface area contributed by atoms with Gasteiger partial charge in [-0.05, 0) is 69.1 Å². The lowest BCUT2D eigenvalue weighted by Crippen LogP contribution is -2.42. The molecule has 0 spiro atoms. The van der Waals surface area contributed by atoms with E-state index in [-0.39, 0.29) is 0 Å². The van der Waals surface area contributed by atoms with Crippen molar-refractivity contribution in [3.63, 3.8) is 0 Å². The Bertz CT molecular complexity index is 388. The van der Waals surface area contributed by atoms with Crippen LogP contribution in [0.25, 0.3) is 0 Å². The van der Waals surface area contributed by atoms with Gasteiger partial charge in [0.1, 0.15) is 0 Å². The number of allylic oxidation sites excluding steroid dienone is 2. The van der Waals surface area contributed by atoms with Crippen molar-refractivity contribution < 1.29 is 13.1 Å². The first kappa shape index (κ1) is 19.1. The van der Waals surface area contributed by atoms with E-state index in [0.29, 0.717) is 24.5 Å². The van der Waals surface area contributed by atoms with Crippen molar-refractivity contribution in [1.82, 2.24) is 4.72 Å². The van der Waals surface area contributed by atoms with Crippen LogP contribution in [0.1, 0.15) is 58.3 Å². The molecule has 0 amide bonds. The molecule has 0 saturated heterocycles. The maximum Gasteiger partial charge on any atom is 0.234 e. The number of unbranched alkanes of at least 4 members (excludes halogenated alkanes) is 2. The second kappa shape index (κ2) is 10.6. The molecule has 2 aliphatic carbocycles. The molecular weight excluding hydrogens is 310 g/mol. The Morgan fingerprint density at radius 3 is 2.78 bits per heavy atom. The van der Waals surface area contributed by atoms with Crippen LogP contribution >= 0.6 is 0 Å². The van der Waals surface area contributed by atoms with Crippen molar-refractivity contribution in [2.75, 3.05) is 20.3 Å². The third kappa shape index (κ3) is 5.96. The van der Waals surface area contributed by atoms with E-state index in [1.54, 1.807) is 7.11 Å². The SMILES string of the molecule is CCCOS(=O)NC1[C@@H]2CC[C@@H](C2)[C@H]1C/C=C\CCCCOC. The lowest BCUT2D eigenvalue weighted by molar-refractivity contribution is 0.193. The number of ether oxygens (including phenoxy) is 1. The first-order valence-electron chi connectivity index (χ1n) is 9.21. The summed E-state index contributed by atoms with van der Waals surface area (Å²) < 4.78 is 25.7. The molecule has 5 atom stereocenters. The van der Waals surface area contributed by atoms with Gasteiger partial charge < -0.3 is 4.74 Å². The van der Waals surface area contributed by atoms with Crippen LogP contribution in [0.15, 0.2) is 12.2 Å². The van der Waals surface area contributed by atoms with Crippen LogP contribution in [0.3, 0.4) is 0 Å². The Kier molecular flexibility index (Phi) is 8.80. The van der Waals surface area contributed by atoms with Gasteiger partial charge >= 0.3 is 0 Å². The van der Waals surface area contributed by atoms with Crippen molar-refractivity contribution in [3.05, 3.63) is 12.2 Å².